The number of amides is 4. The van der Waals surface area contributed by atoms with Crippen molar-refractivity contribution < 1.29 is 71.1 Å². The molecule has 4 aliphatic rings. The Morgan fingerprint density at radius 3 is 2.20 bits per heavy atom. The predicted octanol–water partition coefficient (Wildman–Crippen LogP) is 4.94. The summed E-state index contributed by atoms with van der Waals surface area (Å²) in [6.45, 7) is 18.3. The van der Waals surface area contributed by atoms with Crippen molar-refractivity contribution in [2.45, 2.75) is 168 Å². The van der Waals surface area contributed by atoms with Gasteiger partial charge in [0.2, 0.25) is 23.3 Å². The average molecular weight is 1130 g/mol. The van der Waals surface area contributed by atoms with E-state index in [2.05, 4.69) is 20.9 Å². The summed E-state index contributed by atoms with van der Waals surface area (Å²) in [7, 11) is 3.96. The highest BCUT2D eigenvalue weighted by Crippen LogP contribution is 2.47. The van der Waals surface area contributed by atoms with E-state index in [0.717, 1.165) is 28.5 Å². The molecule has 1 aromatic carbocycles. The lowest BCUT2D eigenvalue weighted by Crippen LogP contribution is -2.57. The summed E-state index contributed by atoms with van der Waals surface area (Å²) in [5.74, 6) is -5.71. The van der Waals surface area contributed by atoms with Crippen molar-refractivity contribution in [1.82, 2.24) is 35.3 Å². The molecule has 3 aromatic rings. The van der Waals surface area contributed by atoms with Crippen LogP contribution in [0.25, 0.3) is 22.3 Å². The molecule has 0 radical (unpaired) electrons. The minimum absolute atomic E-state index is 0.0394. The average Bonchev–Trinajstić information content (AvgIpc) is 4.18. The zero-order valence-electron chi connectivity index (χ0n) is 48.9. The number of esters is 3. The number of fused-ring (bicyclic) bond motifs is 5. The van der Waals surface area contributed by atoms with Crippen molar-refractivity contribution in [3.05, 3.63) is 61.7 Å². The molecule has 5 atom stereocenters. The van der Waals surface area contributed by atoms with Crippen molar-refractivity contribution in [1.29, 1.82) is 0 Å². The van der Waals surface area contributed by atoms with E-state index in [4.69, 9.17) is 38.1 Å². The Morgan fingerprint density at radius 1 is 0.889 bits per heavy atom. The van der Waals surface area contributed by atoms with E-state index in [1.165, 1.54) is 11.0 Å². The van der Waals surface area contributed by atoms with Gasteiger partial charge in [0.25, 0.3) is 5.56 Å². The van der Waals surface area contributed by atoms with Crippen LogP contribution < -0.4 is 21.5 Å². The normalized spacial score (nSPS) is 19.1. The van der Waals surface area contributed by atoms with Crippen LogP contribution in [0.2, 0.25) is 0 Å². The Bertz CT molecular complexity index is 2970. The third-order valence-corrected chi connectivity index (χ3v) is 14.8. The molecule has 1 unspecified atom stereocenters. The maximum Gasteiger partial charge on any atom is 0.407 e. The predicted molar refractivity (Wildman–Crippen MR) is 293 cm³/mol. The van der Waals surface area contributed by atoms with Crippen molar-refractivity contribution >= 4 is 52.6 Å². The molecule has 3 N–H and O–H groups in total. The number of nitrogens with one attached hydrogen (secondary N) is 3. The first-order chi connectivity index (χ1) is 38.2. The Hall–Kier alpha value is -6.56. The van der Waals surface area contributed by atoms with E-state index in [1.807, 2.05) is 14.1 Å². The maximum atomic E-state index is 15.5. The SMILES string of the molecule is CC[C@@]1(OC(=O)[C@@H](NC(=O)[C@@H]2CCCN2C(=O)C(CC(=O)OC(C)(C)C)NC(=O)CCOCCOCCOCCNC(=O)OC(C)(C)C)C(C)C)C(=O)OCc2c1cc1n(c2=O)Cc2c-1nc1cc(F)c(C)c3c1c2[C@@H](N(C)C)CC3. The van der Waals surface area contributed by atoms with Gasteiger partial charge in [-0.15, -0.1) is 0 Å². The number of rotatable bonds is 23. The van der Waals surface area contributed by atoms with Gasteiger partial charge in [0.1, 0.15) is 41.8 Å². The second-order valence-corrected chi connectivity index (χ2v) is 23.6. The Kier molecular flexibility index (Phi) is 19.7. The number of hydrogen-bond donors (Lipinski definition) is 3. The summed E-state index contributed by atoms with van der Waals surface area (Å²) in [6, 6.07) is -0.927. The van der Waals surface area contributed by atoms with Gasteiger partial charge in [-0.3, -0.25) is 24.0 Å². The monoisotopic (exact) mass is 1130 g/mol. The van der Waals surface area contributed by atoms with Crippen LogP contribution in [0.5, 0.6) is 0 Å². The van der Waals surface area contributed by atoms with Gasteiger partial charge in [-0.05, 0) is 123 Å². The quantitative estimate of drug-likeness (QED) is 0.0505. The summed E-state index contributed by atoms with van der Waals surface area (Å²) in [4.78, 5) is 119. The Morgan fingerprint density at radius 2 is 1.56 bits per heavy atom. The number of alkyl carbamates (subject to hydrolysis) is 1. The zero-order chi connectivity index (χ0) is 59.3. The molecule has 2 aromatic heterocycles. The van der Waals surface area contributed by atoms with E-state index in [1.54, 1.807) is 79.9 Å². The van der Waals surface area contributed by atoms with Crippen molar-refractivity contribution in [3.63, 3.8) is 0 Å². The van der Waals surface area contributed by atoms with E-state index < -0.39 is 94.5 Å². The summed E-state index contributed by atoms with van der Waals surface area (Å²) in [6.07, 6.45) is 0.530. The molecule has 23 heteroatoms. The van der Waals surface area contributed by atoms with Gasteiger partial charge >= 0.3 is 24.0 Å². The van der Waals surface area contributed by atoms with Gasteiger partial charge in [0, 0.05) is 48.1 Å². The van der Waals surface area contributed by atoms with Crippen LogP contribution in [-0.2, 0) is 87.1 Å². The number of carbonyl (C=O) groups is 7. The number of carbonyl (C=O) groups excluding carboxylic acids is 7. The molecule has 7 rings (SSSR count). The molecule has 0 saturated carbocycles. The largest absolute Gasteiger partial charge is 0.460 e. The number of hydrogen-bond acceptors (Lipinski definition) is 17. The third kappa shape index (κ3) is 14.2. The molecule has 22 nitrogen and oxygen atoms in total. The van der Waals surface area contributed by atoms with Gasteiger partial charge in [-0.25, -0.2) is 23.8 Å². The van der Waals surface area contributed by atoms with Gasteiger partial charge in [0.05, 0.1) is 75.1 Å². The van der Waals surface area contributed by atoms with Gasteiger partial charge in [-0.2, -0.15) is 0 Å². The highest BCUT2D eigenvalue weighted by atomic mass is 19.1. The standard InChI is InChI=1S/C58H80FN7O15/c1-13-58(37-27-43-49-35(30-66(43)51(70)36(37)31-78-54(58)73)47-41(64(11)12)17-16-34-33(4)38(59)28-39(62-49)46(34)47)80-53(72)48(32(2)3)63-50(69)42-15-14-20-65(42)52(71)40(29-45(68)79-56(5,6)7)61-44(67)18-21-75-23-25-77-26-24-76-22-19-60-55(74)81-57(8,9)10/h27-28,32,40-42,48H,13-26,29-31H2,1-12H3,(H,60,74)(H,61,67)(H,63,69)/t40?,41-,42-,48-,58-/m0/s1. The van der Waals surface area contributed by atoms with Crippen LogP contribution in [0.15, 0.2) is 16.9 Å². The van der Waals surface area contributed by atoms with E-state index in [0.29, 0.717) is 35.3 Å². The Balaban J connectivity index is 1.01. The molecule has 0 bridgehead atoms. The molecule has 5 heterocycles. The number of nitrogens with zero attached hydrogens (tertiary/aromatic N) is 4. The highest BCUT2D eigenvalue weighted by molar-refractivity contribution is 5.97. The first-order valence-corrected chi connectivity index (χ1v) is 28.0. The van der Waals surface area contributed by atoms with Gasteiger partial charge in [0.15, 0.2) is 0 Å². The van der Waals surface area contributed by atoms with Crippen LogP contribution in [-0.4, -0.2) is 157 Å². The van der Waals surface area contributed by atoms with Crippen LogP contribution in [0.3, 0.4) is 0 Å². The molecule has 3 aliphatic heterocycles. The second kappa shape index (κ2) is 25.7. The fourth-order valence-corrected chi connectivity index (χ4v) is 11.0. The van der Waals surface area contributed by atoms with Crippen molar-refractivity contribution in [2.24, 2.45) is 5.92 Å². The maximum absolute atomic E-state index is 15.5. The number of pyridine rings is 2. The molecule has 1 fully saturated rings. The van der Waals surface area contributed by atoms with Crippen molar-refractivity contribution in [3.8, 4) is 11.4 Å². The number of cyclic esters (lactones) is 1. The van der Waals surface area contributed by atoms with Crippen LogP contribution in [0, 0.1) is 18.7 Å². The van der Waals surface area contributed by atoms with Crippen molar-refractivity contribution in [2.75, 3.05) is 66.8 Å². The molecular formula is C58H80FN7O15. The zero-order valence-corrected chi connectivity index (χ0v) is 48.9. The lowest BCUT2D eigenvalue weighted by molar-refractivity contribution is -0.191. The molecule has 81 heavy (non-hydrogen) atoms. The van der Waals surface area contributed by atoms with Gasteiger partial charge in [-0.1, -0.05) is 20.8 Å². The van der Waals surface area contributed by atoms with Crippen LogP contribution in [0.1, 0.15) is 140 Å². The third-order valence-electron chi connectivity index (χ3n) is 14.8. The van der Waals surface area contributed by atoms with E-state index in [9.17, 15) is 38.4 Å². The second-order valence-electron chi connectivity index (χ2n) is 23.6. The van der Waals surface area contributed by atoms with E-state index in [-0.39, 0.29) is 108 Å². The number of benzene rings is 1. The summed E-state index contributed by atoms with van der Waals surface area (Å²) in [5.41, 5.74) is 0.647. The lowest BCUT2D eigenvalue weighted by atomic mass is 9.81. The first-order valence-electron chi connectivity index (χ1n) is 28.0. The number of halogens is 1. The fourth-order valence-electron chi connectivity index (χ4n) is 11.0. The molecule has 444 valence electrons. The van der Waals surface area contributed by atoms with Crippen LogP contribution in [0.4, 0.5) is 9.18 Å². The number of likely N-dealkylation sites (tertiary alicyclic amines) is 1. The lowest BCUT2D eigenvalue weighted by Gasteiger charge is -2.37. The molecule has 4 amide bonds. The molecule has 1 aliphatic carbocycles. The van der Waals surface area contributed by atoms with E-state index >= 15 is 4.39 Å². The Labute approximate surface area is 471 Å². The summed E-state index contributed by atoms with van der Waals surface area (Å²) < 4.78 is 56.2. The number of aromatic nitrogens is 2. The minimum atomic E-state index is -2.13. The molecular weight excluding hydrogens is 1050 g/mol. The van der Waals surface area contributed by atoms with Gasteiger partial charge < -0.3 is 63.5 Å². The molecule has 0 spiro atoms. The summed E-state index contributed by atoms with van der Waals surface area (Å²) in [5, 5.41) is 8.87. The van der Waals surface area contributed by atoms with Crippen LogP contribution >= 0.6 is 0 Å². The number of ether oxygens (including phenoxy) is 7. The number of aryl methyl sites for hydroxylation is 1. The highest BCUT2D eigenvalue weighted by Gasteiger charge is 2.52. The fraction of sp³-hybridized carbons (Fsp3) is 0.638. The topological polar surface area (TPSA) is 262 Å². The molecule has 1 saturated heterocycles. The summed E-state index contributed by atoms with van der Waals surface area (Å²) >= 11 is 0. The minimum Gasteiger partial charge on any atom is -0.460 e. The first kappa shape index (κ1) is 62.0. The smallest absolute Gasteiger partial charge is 0.407 e.